The molecule has 0 aliphatic rings. The fraction of sp³-hybridized carbons (Fsp3) is 0.125. The van der Waals surface area contributed by atoms with Gasteiger partial charge in [-0.1, -0.05) is 11.6 Å². The highest BCUT2D eigenvalue weighted by Crippen LogP contribution is 2.29. The molecule has 0 fully saturated rings. The van der Waals surface area contributed by atoms with Crippen LogP contribution in [0.15, 0.2) is 71.8 Å². The van der Waals surface area contributed by atoms with E-state index in [1.54, 1.807) is 73.8 Å². The van der Waals surface area contributed by atoms with Crippen molar-refractivity contribution in [2.45, 2.75) is 6.92 Å². The topological polar surface area (TPSA) is 86.2 Å². The van der Waals surface area contributed by atoms with Gasteiger partial charge >= 0.3 is 5.97 Å². The molecule has 0 unspecified atom stereocenters. The zero-order valence-electron chi connectivity index (χ0n) is 17.5. The Morgan fingerprint density at radius 3 is 2.31 bits per heavy atom. The summed E-state index contributed by atoms with van der Waals surface area (Å²) >= 11 is 5.85. The molecule has 7 nitrogen and oxygen atoms in total. The van der Waals surface area contributed by atoms with E-state index in [2.05, 4.69) is 10.5 Å². The van der Waals surface area contributed by atoms with Crippen molar-refractivity contribution in [1.82, 2.24) is 5.43 Å². The molecule has 0 aliphatic heterocycles. The average Bonchev–Trinajstić information content (AvgIpc) is 2.81. The molecule has 0 aliphatic carbocycles. The fourth-order valence-corrected chi connectivity index (χ4v) is 2.80. The molecule has 3 aromatic rings. The van der Waals surface area contributed by atoms with Crippen LogP contribution in [0, 0.1) is 0 Å². The van der Waals surface area contributed by atoms with Crippen molar-refractivity contribution < 1.29 is 23.8 Å². The Kier molecular flexibility index (Phi) is 7.83. The molecule has 0 aromatic heterocycles. The highest BCUT2D eigenvalue weighted by atomic mass is 35.5. The summed E-state index contributed by atoms with van der Waals surface area (Å²) in [6.45, 7) is 2.20. The molecule has 3 rings (SSSR count). The van der Waals surface area contributed by atoms with Gasteiger partial charge in [-0.15, -0.1) is 0 Å². The van der Waals surface area contributed by atoms with Crippen LogP contribution >= 0.6 is 11.6 Å². The van der Waals surface area contributed by atoms with Crippen LogP contribution in [-0.2, 0) is 0 Å². The van der Waals surface area contributed by atoms with Crippen LogP contribution < -0.4 is 19.6 Å². The Labute approximate surface area is 190 Å². The first-order valence-corrected chi connectivity index (χ1v) is 10.1. The zero-order valence-corrected chi connectivity index (χ0v) is 18.3. The second kappa shape index (κ2) is 11.0. The van der Waals surface area contributed by atoms with E-state index in [4.69, 9.17) is 25.8 Å². The number of carbonyl (C=O) groups is 2. The molecule has 0 atom stereocenters. The van der Waals surface area contributed by atoms with Gasteiger partial charge in [-0.25, -0.2) is 10.2 Å². The number of amides is 1. The largest absolute Gasteiger partial charge is 0.497 e. The van der Waals surface area contributed by atoms with Gasteiger partial charge in [0.25, 0.3) is 5.91 Å². The smallest absolute Gasteiger partial charge is 0.343 e. The number of nitrogens with zero attached hydrogens (tertiary/aromatic N) is 1. The molecule has 0 spiro atoms. The van der Waals surface area contributed by atoms with E-state index >= 15 is 0 Å². The van der Waals surface area contributed by atoms with Crippen LogP contribution in [0.25, 0.3) is 0 Å². The molecule has 164 valence electrons. The highest BCUT2D eigenvalue weighted by Gasteiger charge is 2.13. The monoisotopic (exact) mass is 452 g/mol. The van der Waals surface area contributed by atoms with E-state index in [0.29, 0.717) is 39.8 Å². The lowest BCUT2D eigenvalue weighted by Crippen LogP contribution is -2.17. The zero-order chi connectivity index (χ0) is 22.9. The van der Waals surface area contributed by atoms with Gasteiger partial charge in [0.15, 0.2) is 11.5 Å². The van der Waals surface area contributed by atoms with Gasteiger partial charge in [0.05, 0.1) is 25.5 Å². The van der Waals surface area contributed by atoms with Crippen molar-refractivity contribution in [3.63, 3.8) is 0 Å². The lowest BCUT2D eigenvalue weighted by molar-refractivity contribution is 0.0728. The molecule has 1 amide bonds. The van der Waals surface area contributed by atoms with Gasteiger partial charge in [0.2, 0.25) is 0 Å². The number of benzene rings is 3. The summed E-state index contributed by atoms with van der Waals surface area (Å²) in [7, 11) is 1.56. The minimum absolute atomic E-state index is 0.270. The van der Waals surface area contributed by atoms with Crippen LogP contribution in [0.1, 0.15) is 33.2 Å². The van der Waals surface area contributed by atoms with Gasteiger partial charge in [0, 0.05) is 10.6 Å². The Morgan fingerprint density at radius 1 is 0.969 bits per heavy atom. The van der Waals surface area contributed by atoms with E-state index < -0.39 is 5.97 Å². The average molecular weight is 453 g/mol. The van der Waals surface area contributed by atoms with E-state index in [0.717, 1.165) is 0 Å². The maximum Gasteiger partial charge on any atom is 0.343 e. The molecule has 0 saturated heterocycles. The van der Waals surface area contributed by atoms with Crippen molar-refractivity contribution in [2.24, 2.45) is 5.10 Å². The van der Waals surface area contributed by atoms with E-state index in [1.165, 1.54) is 6.21 Å². The SMILES string of the molecule is CCOc1cc(/C=N\NC(=O)c2ccc(OC)cc2)ccc1OC(=O)c1ccc(Cl)cc1. The fourth-order valence-electron chi connectivity index (χ4n) is 2.67. The minimum Gasteiger partial charge on any atom is -0.497 e. The third-order valence-electron chi connectivity index (χ3n) is 4.28. The van der Waals surface area contributed by atoms with Gasteiger partial charge in [-0.3, -0.25) is 4.79 Å². The van der Waals surface area contributed by atoms with Gasteiger partial charge < -0.3 is 14.2 Å². The molecule has 3 aromatic carbocycles. The first-order valence-electron chi connectivity index (χ1n) is 9.72. The van der Waals surface area contributed by atoms with Gasteiger partial charge in [0.1, 0.15) is 5.75 Å². The number of hydrogen-bond donors (Lipinski definition) is 1. The third kappa shape index (κ3) is 6.09. The van der Waals surface area contributed by atoms with Crippen LogP contribution in [0.5, 0.6) is 17.2 Å². The number of methoxy groups -OCH3 is 1. The maximum absolute atomic E-state index is 12.4. The summed E-state index contributed by atoms with van der Waals surface area (Å²) in [5.41, 5.74) is 3.92. The van der Waals surface area contributed by atoms with Crippen LogP contribution in [0.4, 0.5) is 0 Å². The first-order chi connectivity index (χ1) is 15.5. The molecule has 0 radical (unpaired) electrons. The number of rotatable bonds is 8. The summed E-state index contributed by atoms with van der Waals surface area (Å²) in [5.74, 6) is 0.412. The minimum atomic E-state index is -0.532. The predicted molar refractivity (Wildman–Crippen MR) is 122 cm³/mol. The Bertz CT molecular complexity index is 1110. The van der Waals surface area contributed by atoms with Crippen LogP contribution in [0.3, 0.4) is 0 Å². The van der Waals surface area contributed by atoms with Crippen molar-refractivity contribution in [2.75, 3.05) is 13.7 Å². The third-order valence-corrected chi connectivity index (χ3v) is 4.53. The summed E-state index contributed by atoms with van der Waals surface area (Å²) in [6, 6.07) is 18.0. The Hall–Kier alpha value is -3.84. The number of esters is 1. The van der Waals surface area contributed by atoms with Crippen LogP contribution in [-0.4, -0.2) is 31.8 Å². The number of hydrogen-bond acceptors (Lipinski definition) is 6. The quantitative estimate of drug-likeness (QED) is 0.231. The van der Waals surface area contributed by atoms with E-state index in [-0.39, 0.29) is 11.7 Å². The first kappa shape index (κ1) is 22.8. The summed E-state index contributed by atoms with van der Waals surface area (Å²) in [5, 5.41) is 4.50. The number of ether oxygens (including phenoxy) is 3. The number of carbonyl (C=O) groups excluding carboxylic acids is 2. The molecule has 0 bridgehead atoms. The van der Waals surface area contributed by atoms with E-state index in [1.807, 2.05) is 6.92 Å². The molecule has 32 heavy (non-hydrogen) atoms. The standard InChI is InChI=1S/C24H21ClN2O5/c1-3-31-22-14-16(15-26-27-23(28)17-7-11-20(30-2)12-8-17)4-13-21(22)32-24(29)18-5-9-19(25)10-6-18/h4-15H,3H2,1-2H3,(H,27,28)/b26-15-. The normalized spacial score (nSPS) is 10.6. The van der Waals surface area contributed by atoms with Crippen molar-refractivity contribution >= 4 is 29.7 Å². The number of hydrazone groups is 1. The van der Waals surface area contributed by atoms with Crippen molar-refractivity contribution in [3.05, 3.63) is 88.4 Å². The second-order valence-electron chi connectivity index (χ2n) is 6.46. The van der Waals surface area contributed by atoms with Crippen molar-refractivity contribution in [1.29, 1.82) is 0 Å². The molecule has 0 heterocycles. The molecular weight excluding hydrogens is 432 g/mol. The Balaban J connectivity index is 1.68. The maximum atomic E-state index is 12.4. The molecule has 8 heteroatoms. The predicted octanol–water partition coefficient (Wildman–Crippen LogP) is 4.73. The number of nitrogens with one attached hydrogen (secondary N) is 1. The molecule has 1 N–H and O–H groups in total. The highest BCUT2D eigenvalue weighted by molar-refractivity contribution is 6.30. The van der Waals surface area contributed by atoms with Gasteiger partial charge in [-0.05, 0) is 79.2 Å². The summed E-state index contributed by atoms with van der Waals surface area (Å²) in [4.78, 5) is 24.6. The van der Waals surface area contributed by atoms with Crippen LogP contribution in [0.2, 0.25) is 5.02 Å². The lowest BCUT2D eigenvalue weighted by Gasteiger charge is -2.11. The summed E-state index contributed by atoms with van der Waals surface area (Å²) in [6.07, 6.45) is 1.47. The lowest BCUT2D eigenvalue weighted by atomic mass is 10.2. The second-order valence-corrected chi connectivity index (χ2v) is 6.90. The van der Waals surface area contributed by atoms with Gasteiger partial charge in [-0.2, -0.15) is 5.10 Å². The molecular formula is C24H21ClN2O5. The van der Waals surface area contributed by atoms with Crippen molar-refractivity contribution in [3.8, 4) is 17.2 Å². The number of halogens is 1. The van der Waals surface area contributed by atoms with E-state index in [9.17, 15) is 9.59 Å². The summed E-state index contributed by atoms with van der Waals surface area (Å²) < 4.78 is 16.1. The Morgan fingerprint density at radius 2 is 1.66 bits per heavy atom. The molecule has 0 saturated carbocycles.